The van der Waals surface area contributed by atoms with Crippen molar-refractivity contribution in [1.82, 2.24) is 0 Å². The fourth-order valence-corrected chi connectivity index (χ4v) is 4.01. The van der Waals surface area contributed by atoms with E-state index in [-0.39, 0.29) is 23.2 Å². The number of benzene rings is 2. The molecule has 35 heavy (non-hydrogen) atoms. The lowest BCUT2D eigenvalue weighted by Gasteiger charge is -2.05. The predicted octanol–water partition coefficient (Wildman–Crippen LogP) is 8.02. The van der Waals surface area contributed by atoms with Gasteiger partial charge in [-0.3, -0.25) is 9.59 Å². The molecule has 2 rings (SSSR count). The van der Waals surface area contributed by atoms with E-state index in [0.29, 0.717) is 23.2 Å². The van der Waals surface area contributed by atoms with Gasteiger partial charge < -0.3 is 15.5 Å². The van der Waals surface area contributed by atoms with Gasteiger partial charge in [-0.25, -0.2) is 0 Å². The second kappa shape index (κ2) is 16.5. The molecule has 0 aromatic heterocycles. The third kappa shape index (κ3) is 11.7. The molecule has 1 amide bonds. The molecule has 190 valence electrons. The number of aromatic hydroxyl groups is 2. The van der Waals surface area contributed by atoms with Crippen LogP contribution in [0.15, 0.2) is 48.5 Å². The van der Waals surface area contributed by atoms with E-state index < -0.39 is 0 Å². The van der Waals surface area contributed by atoms with Gasteiger partial charge in [-0.1, -0.05) is 83.6 Å². The number of nitrogens with one attached hydrogen (secondary N) is 1. The van der Waals surface area contributed by atoms with Crippen LogP contribution in [0, 0.1) is 0 Å². The molecule has 0 aliphatic carbocycles. The molecule has 0 fully saturated rings. The maximum atomic E-state index is 12.4. The van der Waals surface area contributed by atoms with Crippen LogP contribution >= 0.6 is 0 Å². The van der Waals surface area contributed by atoms with Crippen LogP contribution in [0.3, 0.4) is 0 Å². The number of phenolic OH excluding ortho intramolecular Hbond substituents is 2. The quantitative estimate of drug-likeness (QED) is 0.0927. The molecule has 0 unspecified atom stereocenters. The number of phenols is 2. The van der Waals surface area contributed by atoms with Crippen molar-refractivity contribution in [2.24, 2.45) is 0 Å². The Balaban J connectivity index is 1.60. The topological polar surface area (TPSA) is 86.6 Å². The van der Waals surface area contributed by atoms with Crippen LogP contribution in [-0.2, 0) is 4.79 Å². The SMILES string of the molecule is CCCCCCCCCCCCCCC(=O)c1ccc(NC(=O)/C=C/c2ccc(O)c(O)c2)cc1. The molecular weight excluding hydrogens is 438 g/mol. The first-order valence-electron chi connectivity index (χ1n) is 13.1. The smallest absolute Gasteiger partial charge is 0.248 e. The Morgan fingerprint density at radius 3 is 1.89 bits per heavy atom. The Bertz CT molecular complexity index is 934. The van der Waals surface area contributed by atoms with Gasteiger partial charge in [0.2, 0.25) is 5.91 Å². The number of anilines is 1. The number of carbonyl (C=O) groups is 2. The maximum Gasteiger partial charge on any atom is 0.248 e. The molecule has 5 nitrogen and oxygen atoms in total. The molecule has 3 N–H and O–H groups in total. The highest BCUT2D eigenvalue weighted by Crippen LogP contribution is 2.25. The molecule has 0 atom stereocenters. The van der Waals surface area contributed by atoms with Gasteiger partial charge in [0.25, 0.3) is 0 Å². The van der Waals surface area contributed by atoms with Crippen LogP contribution in [0.2, 0.25) is 0 Å². The number of unbranched alkanes of at least 4 members (excludes halogenated alkanes) is 11. The highest BCUT2D eigenvalue weighted by Gasteiger charge is 2.06. The van der Waals surface area contributed by atoms with Crippen LogP contribution in [0.25, 0.3) is 6.08 Å². The van der Waals surface area contributed by atoms with E-state index in [0.717, 1.165) is 12.8 Å². The summed E-state index contributed by atoms with van der Waals surface area (Å²) in [7, 11) is 0. The number of Topliss-reactive ketones (excluding diaryl/α,β-unsaturated/α-hetero) is 1. The van der Waals surface area contributed by atoms with E-state index in [4.69, 9.17) is 0 Å². The summed E-state index contributed by atoms with van der Waals surface area (Å²) in [5, 5.41) is 21.6. The number of ketones is 1. The Kier molecular flexibility index (Phi) is 13.3. The second-order valence-electron chi connectivity index (χ2n) is 9.21. The minimum atomic E-state index is -0.326. The lowest BCUT2D eigenvalue weighted by molar-refractivity contribution is -0.111. The van der Waals surface area contributed by atoms with Gasteiger partial charge in [-0.15, -0.1) is 0 Å². The lowest BCUT2D eigenvalue weighted by atomic mass is 10.0. The molecule has 5 heteroatoms. The normalized spacial score (nSPS) is 11.1. The number of hydrogen-bond acceptors (Lipinski definition) is 4. The number of amides is 1. The average Bonchev–Trinajstić information content (AvgIpc) is 2.85. The van der Waals surface area contributed by atoms with Crippen molar-refractivity contribution in [3.8, 4) is 11.5 Å². The summed E-state index contributed by atoms with van der Waals surface area (Å²) in [6.07, 6.45) is 18.8. The van der Waals surface area contributed by atoms with Gasteiger partial charge >= 0.3 is 0 Å². The summed E-state index contributed by atoms with van der Waals surface area (Å²) in [4.78, 5) is 24.6. The zero-order valence-corrected chi connectivity index (χ0v) is 21.1. The minimum Gasteiger partial charge on any atom is -0.504 e. The lowest BCUT2D eigenvalue weighted by Crippen LogP contribution is -2.08. The third-order valence-corrected chi connectivity index (χ3v) is 6.16. The fourth-order valence-electron chi connectivity index (χ4n) is 4.01. The van der Waals surface area contributed by atoms with Crippen LogP contribution in [0.4, 0.5) is 5.69 Å². The van der Waals surface area contributed by atoms with Crippen molar-refractivity contribution in [3.05, 3.63) is 59.7 Å². The molecule has 2 aromatic rings. The van der Waals surface area contributed by atoms with Gasteiger partial charge in [0.15, 0.2) is 17.3 Å². The zero-order chi connectivity index (χ0) is 25.3. The molecule has 0 heterocycles. The first kappa shape index (κ1) is 28.2. The monoisotopic (exact) mass is 479 g/mol. The van der Waals surface area contributed by atoms with Crippen molar-refractivity contribution in [2.45, 2.75) is 90.4 Å². The summed E-state index contributed by atoms with van der Waals surface area (Å²) in [5.74, 6) is -0.633. The Labute approximate surface area is 210 Å². The molecule has 0 saturated heterocycles. The average molecular weight is 480 g/mol. The van der Waals surface area contributed by atoms with Crippen molar-refractivity contribution in [2.75, 3.05) is 5.32 Å². The van der Waals surface area contributed by atoms with Gasteiger partial charge in [-0.05, 0) is 54.5 Å². The molecule has 0 bridgehead atoms. The van der Waals surface area contributed by atoms with Crippen LogP contribution < -0.4 is 5.32 Å². The highest BCUT2D eigenvalue weighted by molar-refractivity contribution is 6.02. The summed E-state index contributed by atoms with van der Waals surface area (Å²) < 4.78 is 0. The van der Waals surface area contributed by atoms with E-state index in [1.165, 1.54) is 82.4 Å². The number of rotatable bonds is 17. The molecule has 2 aromatic carbocycles. The molecule has 0 aliphatic rings. The van der Waals surface area contributed by atoms with Crippen molar-refractivity contribution >= 4 is 23.5 Å². The fraction of sp³-hybridized carbons (Fsp3) is 0.467. The van der Waals surface area contributed by atoms with Crippen molar-refractivity contribution in [1.29, 1.82) is 0 Å². The first-order valence-corrected chi connectivity index (χ1v) is 13.1. The highest BCUT2D eigenvalue weighted by atomic mass is 16.3. The zero-order valence-electron chi connectivity index (χ0n) is 21.1. The largest absolute Gasteiger partial charge is 0.504 e. The standard InChI is InChI=1S/C30H41NO4/c1-2-3-4-5-6-7-8-9-10-11-12-13-14-27(32)25-17-19-26(20-18-25)31-30(35)22-16-24-15-21-28(33)29(34)23-24/h15-23,33-34H,2-14H2,1H3,(H,31,35)/b22-16+. The number of carbonyl (C=O) groups excluding carboxylic acids is 2. The Morgan fingerprint density at radius 2 is 1.31 bits per heavy atom. The first-order chi connectivity index (χ1) is 17.0. The van der Waals surface area contributed by atoms with E-state index in [1.54, 1.807) is 36.4 Å². The molecule has 0 aliphatic heterocycles. The van der Waals surface area contributed by atoms with E-state index in [1.807, 2.05) is 0 Å². The summed E-state index contributed by atoms with van der Waals surface area (Å²) in [5.41, 5.74) is 1.87. The van der Waals surface area contributed by atoms with Crippen molar-refractivity contribution in [3.63, 3.8) is 0 Å². The maximum absolute atomic E-state index is 12.4. The number of hydrogen-bond donors (Lipinski definition) is 3. The summed E-state index contributed by atoms with van der Waals surface area (Å²) >= 11 is 0. The molecule has 0 saturated carbocycles. The van der Waals surface area contributed by atoms with E-state index >= 15 is 0 Å². The summed E-state index contributed by atoms with van der Waals surface area (Å²) in [6.45, 7) is 2.25. The Hall–Kier alpha value is -3.08. The molecular formula is C30H41NO4. The van der Waals surface area contributed by atoms with Gasteiger partial charge in [0, 0.05) is 23.7 Å². The minimum absolute atomic E-state index is 0.141. The van der Waals surface area contributed by atoms with Gasteiger partial charge in [-0.2, -0.15) is 0 Å². The van der Waals surface area contributed by atoms with Crippen molar-refractivity contribution < 1.29 is 19.8 Å². The van der Waals surface area contributed by atoms with E-state index in [2.05, 4.69) is 12.2 Å². The van der Waals surface area contributed by atoms with E-state index in [9.17, 15) is 19.8 Å². The Morgan fingerprint density at radius 1 is 0.743 bits per heavy atom. The van der Waals surface area contributed by atoms with Gasteiger partial charge in [0.1, 0.15) is 0 Å². The van der Waals surface area contributed by atoms with Crippen LogP contribution in [0.5, 0.6) is 11.5 Å². The summed E-state index contributed by atoms with van der Waals surface area (Å²) in [6, 6.07) is 11.3. The van der Waals surface area contributed by atoms with Gasteiger partial charge in [0.05, 0.1) is 0 Å². The predicted molar refractivity (Wildman–Crippen MR) is 144 cm³/mol. The second-order valence-corrected chi connectivity index (χ2v) is 9.21. The van der Waals surface area contributed by atoms with Crippen LogP contribution in [-0.4, -0.2) is 21.9 Å². The van der Waals surface area contributed by atoms with Crippen LogP contribution in [0.1, 0.15) is 106 Å². The molecule has 0 radical (unpaired) electrons. The third-order valence-electron chi connectivity index (χ3n) is 6.16. The molecule has 0 spiro atoms.